The number of carbonyl (C=O) groups excluding carboxylic acids is 1. The minimum Gasteiger partial charge on any atom is -0.550 e. The standard InChI is InChI=1S/C8H14O2.Tl/c1-6-4-2-3-5-7(6)8(9)10;/h6-7H,2-5H2,1H3,(H,9,10);/q;+1/p-1. The first-order valence-corrected chi connectivity index (χ1v) is 3.92. The Balaban J connectivity index is 0.000001000. The minimum atomic E-state index is -0.854. The number of carbonyl (C=O) groups is 1. The summed E-state index contributed by atoms with van der Waals surface area (Å²) in [6.45, 7) is 2.00. The van der Waals surface area contributed by atoms with Crippen LogP contribution < -0.4 is 5.11 Å². The van der Waals surface area contributed by atoms with Crippen LogP contribution in [-0.4, -0.2) is 33.3 Å². The molecule has 0 aromatic carbocycles. The van der Waals surface area contributed by atoms with Crippen molar-refractivity contribution in [3.05, 3.63) is 0 Å². The van der Waals surface area contributed by atoms with Gasteiger partial charge >= 0.3 is 27.3 Å². The second-order valence-corrected chi connectivity index (χ2v) is 3.19. The van der Waals surface area contributed by atoms with Crippen molar-refractivity contribution in [3.8, 4) is 0 Å². The van der Waals surface area contributed by atoms with E-state index in [1.54, 1.807) is 0 Å². The molecule has 2 unspecified atom stereocenters. The number of carboxylic acid groups (broad SMARTS) is 1. The molecule has 0 heterocycles. The van der Waals surface area contributed by atoms with E-state index in [2.05, 4.69) is 0 Å². The van der Waals surface area contributed by atoms with Gasteiger partial charge in [-0.1, -0.05) is 26.2 Å². The average Bonchev–Trinajstić information content (AvgIpc) is 1.88. The normalized spacial score (nSPS) is 30.6. The molecule has 0 saturated heterocycles. The van der Waals surface area contributed by atoms with Gasteiger partial charge in [0.25, 0.3) is 0 Å². The third-order valence-electron chi connectivity index (χ3n) is 2.41. The third kappa shape index (κ3) is 3.09. The van der Waals surface area contributed by atoms with E-state index in [9.17, 15) is 9.90 Å². The quantitative estimate of drug-likeness (QED) is 0.636. The molecule has 0 radical (unpaired) electrons. The molecule has 0 aromatic rings. The molecule has 2 atom stereocenters. The van der Waals surface area contributed by atoms with Crippen LogP contribution in [0.5, 0.6) is 0 Å². The van der Waals surface area contributed by atoms with Crippen LogP contribution in [0.1, 0.15) is 32.6 Å². The summed E-state index contributed by atoms with van der Waals surface area (Å²) in [6.07, 6.45) is 4.12. The first-order valence-electron chi connectivity index (χ1n) is 3.92. The molecule has 0 amide bonds. The Hall–Kier alpha value is 0.392. The van der Waals surface area contributed by atoms with E-state index in [1.807, 2.05) is 6.92 Å². The molecule has 1 fully saturated rings. The molecular weight excluding hydrogens is 332 g/mol. The van der Waals surface area contributed by atoms with Crippen molar-refractivity contribution < 1.29 is 9.90 Å². The monoisotopic (exact) mass is 346 g/mol. The van der Waals surface area contributed by atoms with E-state index >= 15 is 0 Å². The summed E-state index contributed by atoms with van der Waals surface area (Å²) < 4.78 is 0. The van der Waals surface area contributed by atoms with Gasteiger partial charge in [-0.15, -0.1) is 0 Å². The zero-order chi connectivity index (χ0) is 7.56. The van der Waals surface area contributed by atoms with Gasteiger partial charge in [-0.05, 0) is 12.3 Å². The zero-order valence-corrected chi connectivity index (χ0v) is 11.4. The van der Waals surface area contributed by atoms with Crippen LogP contribution in [0.25, 0.3) is 0 Å². The summed E-state index contributed by atoms with van der Waals surface area (Å²) in [6, 6.07) is 0. The molecule has 11 heavy (non-hydrogen) atoms. The van der Waals surface area contributed by atoms with Crippen molar-refractivity contribution >= 4 is 33.3 Å². The Bertz CT molecular complexity index is 136. The smallest absolute Gasteiger partial charge is 0.550 e. The maximum absolute atomic E-state index is 10.5. The molecule has 60 valence electrons. The number of aliphatic carboxylic acids is 1. The number of carboxylic acids is 1. The molecule has 3 heteroatoms. The molecular formula is C8H13O2Tl. The molecule has 0 bridgehead atoms. The molecule has 0 spiro atoms. The minimum absolute atomic E-state index is 0. The van der Waals surface area contributed by atoms with Crippen LogP contribution in [-0.2, 0) is 4.79 Å². The van der Waals surface area contributed by atoms with Gasteiger partial charge in [-0.3, -0.25) is 0 Å². The summed E-state index contributed by atoms with van der Waals surface area (Å²) in [4.78, 5) is 10.5. The molecule has 0 aliphatic heterocycles. The van der Waals surface area contributed by atoms with Crippen LogP contribution in [0.4, 0.5) is 0 Å². The summed E-state index contributed by atoms with van der Waals surface area (Å²) in [5, 5.41) is 10.5. The largest absolute Gasteiger partial charge is 1.00 e. The van der Waals surface area contributed by atoms with Gasteiger partial charge in [0.05, 0.1) is 0 Å². The van der Waals surface area contributed by atoms with Crippen LogP contribution in [0.2, 0.25) is 0 Å². The second kappa shape index (κ2) is 5.11. The predicted octanol–water partition coefficient (Wildman–Crippen LogP) is 0.182. The Morgan fingerprint density at radius 3 is 2.27 bits per heavy atom. The van der Waals surface area contributed by atoms with Crippen molar-refractivity contribution in [2.75, 3.05) is 0 Å². The Kier molecular flexibility index (Phi) is 5.29. The van der Waals surface area contributed by atoms with Crippen LogP contribution in [0.3, 0.4) is 0 Å². The first-order chi connectivity index (χ1) is 4.72. The molecule has 0 N–H and O–H groups in total. The average molecular weight is 346 g/mol. The maximum Gasteiger partial charge on any atom is 1.00 e. The Morgan fingerprint density at radius 1 is 1.36 bits per heavy atom. The van der Waals surface area contributed by atoms with Crippen LogP contribution >= 0.6 is 0 Å². The summed E-state index contributed by atoms with van der Waals surface area (Å²) >= 11 is 0. The van der Waals surface area contributed by atoms with E-state index in [0.29, 0.717) is 5.92 Å². The number of rotatable bonds is 1. The van der Waals surface area contributed by atoms with Crippen LogP contribution in [0, 0.1) is 11.8 Å². The van der Waals surface area contributed by atoms with Crippen molar-refractivity contribution in [2.24, 2.45) is 11.8 Å². The van der Waals surface area contributed by atoms with Gasteiger partial charge in [0, 0.05) is 11.9 Å². The SMILES string of the molecule is CC1CCCCC1C(=O)[O-].[Tl+]. The topological polar surface area (TPSA) is 40.1 Å². The fraction of sp³-hybridized carbons (Fsp3) is 0.875. The summed E-state index contributed by atoms with van der Waals surface area (Å²) in [7, 11) is 0. The second-order valence-electron chi connectivity index (χ2n) is 3.19. The third-order valence-corrected chi connectivity index (χ3v) is 2.41. The maximum atomic E-state index is 10.5. The fourth-order valence-electron chi connectivity index (χ4n) is 1.67. The summed E-state index contributed by atoms with van der Waals surface area (Å²) in [5.41, 5.74) is 0. The number of hydrogen-bond acceptors (Lipinski definition) is 2. The van der Waals surface area contributed by atoms with Gasteiger partial charge in [0.15, 0.2) is 0 Å². The summed E-state index contributed by atoms with van der Waals surface area (Å²) in [5.74, 6) is -0.695. The van der Waals surface area contributed by atoms with E-state index in [0.717, 1.165) is 19.3 Å². The van der Waals surface area contributed by atoms with E-state index in [4.69, 9.17) is 0 Å². The molecule has 1 rings (SSSR count). The van der Waals surface area contributed by atoms with Gasteiger partial charge in [-0.25, -0.2) is 0 Å². The molecule has 0 aromatic heterocycles. The van der Waals surface area contributed by atoms with Crippen molar-refractivity contribution in [2.45, 2.75) is 32.6 Å². The van der Waals surface area contributed by atoms with E-state index in [-0.39, 0.29) is 33.2 Å². The molecule has 1 aliphatic carbocycles. The van der Waals surface area contributed by atoms with Gasteiger partial charge in [-0.2, -0.15) is 0 Å². The Morgan fingerprint density at radius 2 is 1.91 bits per heavy atom. The van der Waals surface area contributed by atoms with Crippen molar-refractivity contribution in [3.63, 3.8) is 0 Å². The van der Waals surface area contributed by atoms with Gasteiger partial charge < -0.3 is 9.90 Å². The fourth-order valence-corrected chi connectivity index (χ4v) is 1.67. The predicted molar refractivity (Wildman–Crippen MR) is 41.9 cm³/mol. The Labute approximate surface area is 87.5 Å². The number of hydrogen-bond donors (Lipinski definition) is 0. The first kappa shape index (κ1) is 11.4. The van der Waals surface area contributed by atoms with Gasteiger partial charge in [0.2, 0.25) is 0 Å². The van der Waals surface area contributed by atoms with Gasteiger partial charge in [0.1, 0.15) is 0 Å². The molecule has 2 nitrogen and oxygen atoms in total. The van der Waals surface area contributed by atoms with Crippen molar-refractivity contribution in [1.29, 1.82) is 0 Å². The molecule has 1 aliphatic rings. The van der Waals surface area contributed by atoms with E-state index in [1.165, 1.54) is 6.42 Å². The zero-order valence-electron chi connectivity index (χ0n) is 6.88. The van der Waals surface area contributed by atoms with E-state index < -0.39 is 5.97 Å². The van der Waals surface area contributed by atoms with Crippen molar-refractivity contribution in [1.82, 2.24) is 0 Å². The molecule has 1 saturated carbocycles. The van der Waals surface area contributed by atoms with Crippen LogP contribution in [0.15, 0.2) is 0 Å².